The lowest BCUT2D eigenvalue weighted by Gasteiger charge is -2.26. The van der Waals surface area contributed by atoms with Gasteiger partial charge in [-0.15, -0.1) is 0 Å². The Morgan fingerprint density at radius 2 is 2.06 bits per heavy atom. The largest absolute Gasteiger partial charge is 0.379 e. The molecule has 2 fully saturated rings. The van der Waals surface area contributed by atoms with Gasteiger partial charge in [0.2, 0.25) is 5.91 Å². The number of nitrogens with two attached hydrogens (primary N) is 1. The molecule has 1 amide bonds. The summed E-state index contributed by atoms with van der Waals surface area (Å²) in [7, 11) is 0. The molecule has 1 aliphatic heterocycles. The first-order valence-electron chi connectivity index (χ1n) is 6.55. The molecule has 0 atom stereocenters. The summed E-state index contributed by atoms with van der Waals surface area (Å²) >= 11 is 0. The van der Waals surface area contributed by atoms with Crippen LogP contribution in [0.3, 0.4) is 0 Å². The van der Waals surface area contributed by atoms with E-state index >= 15 is 0 Å². The van der Waals surface area contributed by atoms with Crippen molar-refractivity contribution >= 4 is 5.91 Å². The van der Waals surface area contributed by atoms with Gasteiger partial charge in [-0.1, -0.05) is 0 Å². The fourth-order valence-corrected chi connectivity index (χ4v) is 2.19. The summed E-state index contributed by atoms with van der Waals surface area (Å²) in [6, 6.07) is 0. The van der Waals surface area contributed by atoms with Crippen molar-refractivity contribution in [3.8, 4) is 0 Å². The first kappa shape index (κ1) is 12.8. The van der Waals surface area contributed by atoms with Crippen LogP contribution in [0, 0.1) is 5.41 Å². The van der Waals surface area contributed by atoms with E-state index < -0.39 is 0 Å². The number of carbonyl (C=O) groups is 1. The molecule has 5 nitrogen and oxygen atoms in total. The first-order chi connectivity index (χ1) is 8.27. The molecule has 0 unspecified atom stereocenters. The Morgan fingerprint density at radius 1 is 1.35 bits per heavy atom. The molecule has 17 heavy (non-hydrogen) atoms. The second-order valence-electron chi connectivity index (χ2n) is 5.05. The number of ether oxygens (including phenoxy) is 1. The van der Waals surface area contributed by atoms with Crippen LogP contribution in [0.2, 0.25) is 0 Å². The topological polar surface area (TPSA) is 67.6 Å². The third-order valence-electron chi connectivity index (χ3n) is 3.77. The molecule has 0 radical (unpaired) electrons. The molecule has 1 saturated heterocycles. The highest BCUT2D eigenvalue weighted by atomic mass is 16.5. The van der Waals surface area contributed by atoms with Gasteiger partial charge in [-0.25, -0.2) is 0 Å². The van der Waals surface area contributed by atoms with Crippen molar-refractivity contribution < 1.29 is 9.53 Å². The number of hydrogen-bond acceptors (Lipinski definition) is 4. The fraction of sp³-hybridized carbons (Fsp3) is 0.917. The minimum absolute atomic E-state index is 0.155. The van der Waals surface area contributed by atoms with E-state index in [9.17, 15) is 4.79 Å². The Morgan fingerprint density at radius 3 is 2.65 bits per heavy atom. The van der Waals surface area contributed by atoms with Gasteiger partial charge in [0, 0.05) is 26.2 Å². The maximum Gasteiger partial charge on any atom is 0.227 e. The van der Waals surface area contributed by atoms with Gasteiger partial charge in [0.1, 0.15) is 0 Å². The number of rotatable bonds is 6. The highest BCUT2D eigenvalue weighted by Crippen LogP contribution is 2.44. The molecular formula is C12H23N3O2. The van der Waals surface area contributed by atoms with Crippen molar-refractivity contribution in [3.05, 3.63) is 0 Å². The third-order valence-corrected chi connectivity index (χ3v) is 3.77. The molecule has 2 rings (SSSR count). The Bertz CT molecular complexity index is 260. The van der Waals surface area contributed by atoms with E-state index in [-0.39, 0.29) is 11.3 Å². The molecule has 5 heteroatoms. The van der Waals surface area contributed by atoms with E-state index in [0.29, 0.717) is 6.54 Å². The maximum atomic E-state index is 11.8. The molecule has 1 saturated carbocycles. The number of amides is 1. The minimum Gasteiger partial charge on any atom is -0.379 e. The summed E-state index contributed by atoms with van der Waals surface area (Å²) in [5.74, 6) is 0.155. The number of nitrogens with one attached hydrogen (secondary N) is 1. The van der Waals surface area contributed by atoms with Gasteiger partial charge in [-0.3, -0.25) is 9.69 Å². The summed E-state index contributed by atoms with van der Waals surface area (Å²) in [5.41, 5.74) is 5.40. The van der Waals surface area contributed by atoms with Crippen LogP contribution in [0.1, 0.15) is 19.3 Å². The van der Waals surface area contributed by atoms with Gasteiger partial charge in [0.15, 0.2) is 0 Å². The average molecular weight is 241 g/mol. The lowest BCUT2D eigenvalue weighted by molar-refractivity contribution is -0.126. The van der Waals surface area contributed by atoms with E-state index in [4.69, 9.17) is 10.5 Å². The van der Waals surface area contributed by atoms with Crippen molar-refractivity contribution in [1.82, 2.24) is 10.2 Å². The van der Waals surface area contributed by atoms with E-state index in [1.165, 1.54) is 0 Å². The predicted octanol–water partition coefficient (Wildman–Crippen LogP) is -0.436. The highest BCUT2D eigenvalue weighted by molar-refractivity contribution is 5.85. The predicted molar refractivity (Wildman–Crippen MR) is 65.6 cm³/mol. The van der Waals surface area contributed by atoms with Crippen LogP contribution in [-0.4, -0.2) is 56.7 Å². The zero-order valence-corrected chi connectivity index (χ0v) is 10.4. The van der Waals surface area contributed by atoms with Gasteiger partial charge >= 0.3 is 0 Å². The van der Waals surface area contributed by atoms with Gasteiger partial charge in [0.25, 0.3) is 0 Å². The number of hydrogen-bond donors (Lipinski definition) is 2. The summed E-state index contributed by atoms with van der Waals surface area (Å²) in [5, 5.41) is 3.00. The zero-order valence-electron chi connectivity index (χ0n) is 10.4. The van der Waals surface area contributed by atoms with Gasteiger partial charge in [0.05, 0.1) is 18.6 Å². The number of morpholine rings is 1. The van der Waals surface area contributed by atoms with Crippen molar-refractivity contribution in [2.75, 3.05) is 45.9 Å². The summed E-state index contributed by atoms with van der Waals surface area (Å²) in [6.07, 6.45) is 2.92. The van der Waals surface area contributed by atoms with Crippen molar-refractivity contribution in [3.63, 3.8) is 0 Å². The average Bonchev–Trinajstić information content (AvgIpc) is 3.17. The van der Waals surface area contributed by atoms with E-state index in [2.05, 4.69) is 10.2 Å². The van der Waals surface area contributed by atoms with Crippen LogP contribution in [0.4, 0.5) is 0 Å². The van der Waals surface area contributed by atoms with Gasteiger partial charge in [-0.2, -0.15) is 0 Å². The summed E-state index contributed by atoms with van der Waals surface area (Å²) in [4.78, 5) is 14.2. The van der Waals surface area contributed by atoms with E-state index in [0.717, 1.165) is 58.7 Å². The Balaban J connectivity index is 1.55. The monoisotopic (exact) mass is 241 g/mol. The van der Waals surface area contributed by atoms with Crippen molar-refractivity contribution in [2.24, 2.45) is 11.1 Å². The quantitative estimate of drug-likeness (QED) is 0.619. The normalized spacial score (nSPS) is 23.4. The molecule has 1 heterocycles. The zero-order chi connectivity index (χ0) is 12.1. The maximum absolute atomic E-state index is 11.8. The molecular weight excluding hydrogens is 218 g/mol. The SMILES string of the molecule is NCC1(C(=O)NCCCN2CCOCC2)CC1. The van der Waals surface area contributed by atoms with Gasteiger partial charge in [-0.05, 0) is 25.8 Å². The second-order valence-corrected chi connectivity index (χ2v) is 5.05. The molecule has 0 aromatic carbocycles. The molecule has 3 N–H and O–H groups in total. The van der Waals surface area contributed by atoms with Crippen LogP contribution in [-0.2, 0) is 9.53 Å². The molecule has 1 aliphatic carbocycles. The van der Waals surface area contributed by atoms with Gasteiger partial charge < -0.3 is 15.8 Å². The molecule has 0 aromatic heterocycles. The number of carbonyl (C=O) groups excluding carboxylic acids is 1. The Hall–Kier alpha value is -0.650. The standard InChI is InChI=1S/C12H23N3O2/c13-10-12(2-3-12)11(16)14-4-1-5-15-6-8-17-9-7-15/h1-10,13H2,(H,14,16). The highest BCUT2D eigenvalue weighted by Gasteiger charge is 2.48. The number of nitrogens with zero attached hydrogens (tertiary/aromatic N) is 1. The fourth-order valence-electron chi connectivity index (χ4n) is 2.19. The molecule has 98 valence electrons. The van der Waals surface area contributed by atoms with Crippen LogP contribution in [0.5, 0.6) is 0 Å². The lowest BCUT2D eigenvalue weighted by atomic mass is 10.1. The van der Waals surface area contributed by atoms with Crippen molar-refractivity contribution in [1.29, 1.82) is 0 Å². The third kappa shape index (κ3) is 3.40. The lowest BCUT2D eigenvalue weighted by Crippen LogP contribution is -2.40. The van der Waals surface area contributed by atoms with Crippen LogP contribution < -0.4 is 11.1 Å². The second kappa shape index (κ2) is 5.80. The molecule has 0 aromatic rings. The first-order valence-corrected chi connectivity index (χ1v) is 6.55. The minimum atomic E-state index is -0.209. The van der Waals surface area contributed by atoms with Crippen LogP contribution in [0.15, 0.2) is 0 Å². The van der Waals surface area contributed by atoms with Crippen LogP contribution in [0.25, 0.3) is 0 Å². The molecule has 0 spiro atoms. The molecule has 2 aliphatic rings. The van der Waals surface area contributed by atoms with Crippen molar-refractivity contribution in [2.45, 2.75) is 19.3 Å². The Labute approximate surface area is 103 Å². The van der Waals surface area contributed by atoms with E-state index in [1.807, 2.05) is 0 Å². The van der Waals surface area contributed by atoms with E-state index in [1.54, 1.807) is 0 Å². The summed E-state index contributed by atoms with van der Waals surface area (Å²) in [6.45, 7) is 5.99. The Kier molecular flexibility index (Phi) is 4.36. The smallest absolute Gasteiger partial charge is 0.227 e. The summed E-state index contributed by atoms with van der Waals surface area (Å²) < 4.78 is 5.29. The van der Waals surface area contributed by atoms with Crippen LogP contribution >= 0.6 is 0 Å². The molecule has 0 bridgehead atoms.